The van der Waals surface area contributed by atoms with Crippen LogP contribution in [0.15, 0.2) is 42.5 Å². The largest absolute Gasteiger partial charge is 0.369 e. The van der Waals surface area contributed by atoms with E-state index in [0.29, 0.717) is 43.9 Å². The minimum atomic E-state index is -0.511. The molecule has 0 bridgehead atoms. The third-order valence-electron chi connectivity index (χ3n) is 8.09. The number of piperidine rings is 1. The van der Waals surface area contributed by atoms with Crippen LogP contribution in [-0.2, 0) is 4.79 Å². The van der Waals surface area contributed by atoms with E-state index in [1.165, 1.54) is 12.1 Å². The number of carbonyl (C=O) groups is 3. The average molecular weight is 521 g/mol. The second-order valence-corrected chi connectivity index (χ2v) is 10.7. The average Bonchev–Trinajstić information content (AvgIpc) is 3.38. The van der Waals surface area contributed by atoms with Crippen LogP contribution in [0.4, 0.5) is 15.8 Å². The molecule has 38 heavy (non-hydrogen) atoms. The second-order valence-electron chi connectivity index (χ2n) is 10.7. The van der Waals surface area contributed by atoms with E-state index in [9.17, 15) is 18.8 Å². The molecule has 2 aromatic carbocycles. The van der Waals surface area contributed by atoms with Gasteiger partial charge >= 0.3 is 0 Å². The Morgan fingerprint density at radius 3 is 2.16 bits per heavy atom. The van der Waals surface area contributed by atoms with Gasteiger partial charge in [0, 0.05) is 56.6 Å². The Morgan fingerprint density at radius 1 is 0.711 bits per heavy atom. The molecule has 2 saturated heterocycles. The first-order chi connectivity index (χ1) is 18.5. The number of halogens is 1. The molecule has 0 aromatic heterocycles. The molecule has 202 valence electrons. The van der Waals surface area contributed by atoms with Gasteiger partial charge in [-0.2, -0.15) is 0 Å². The number of likely N-dealkylation sites (tertiary alicyclic amines) is 1. The number of carbonyl (C=O) groups excluding carboxylic acids is 3. The minimum Gasteiger partial charge on any atom is -0.369 e. The van der Waals surface area contributed by atoms with Gasteiger partial charge in [-0.1, -0.05) is 25.0 Å². The minimum absolute atomic E-state index is 0.0137. The fourth-order valence-corrected chi connectivity index (χ4v) is 5.93. The summed E-state index contributed by atoms with van der Waals surface area (Å²) in [6.07, 6.45) is 7.83. The summed E-state index contributed by atoms with van der Waals surface area (Å²) < 4.78 is 14.3. The Bertz CT molecular complexity index is 1170. The molecule has 2 aromatic rings. The van der Waals surface area contributed by atoms with E-state index in [1.807, 2.05) is 23.1 Å². The fraction of sp³-hybridized carbons (Fsp3) is 0.500. The Balaban J connectivity index is 1.36. The van der Waals surface area contributed by atoms with Crippen LogP contribution in [0.5, 0.6) is 0 Å². The zero-order chi connectivity index (χ0) is 26.5. The van der Waals surface area contributed by atoms with E-state index in [0.717, 1.165) is 63.7 Å². The van der Waals surface area contributed by atoms with E-state index in [4.69, 9.17) is 0 Å². The molecule has 7 nitrogen and oxygen atoms in total. The normalized spacial score (nSPS) is 18.8. The number of anilines is 2. The van der Waals surface area contributed by atoms with Crippen molar-refractivity contribution in [3.05, 3.63) is 59.4 Å². The number of benzene rings is 2. The Morgan fingerprint density at radius 2 is 1.39 bits per heavy atom. The number of nitrogens with one attached hydrogen (secondary N) is 1. The van der Waals surface area contributed by atoms with Gasteiger partial charge < -0.3 is 20.0 Å². The maximum Gasteiger partial charge on any atom is 0.256 e. The maximum atomic E-state index is 14.3. The molecule has 0 spiro atoms. The van der Waals surface area contributed by atoms with Crippen molar-refractivity contribution in [3.63, 3.8) is 0 Å². The lowest BCUT2D eigenvalue weighted by atomic mass is 10.0. The number of nitrogens with zero attached hydrogens (tertiary/aromatic N) is 3. The van der Waals surface area contributed by atoms with Gasteiger partial charge in [0.2, 0.25) is 5.91 Å². The molecule has 1 N–H and O–H groups in total. The van der Waals surface area contributed by atoms with Crippen molar-refractivity contribution in [1.82, 2.24) is 9.80 Å². The highest BCUT2D eigenvalue weighted by Gasteiger charge is 2.28. The third kappa shape index (κ3) is 5.84. The lowest BCUT2D eigenvalue weighted by Crippen LogP contribution is -2.38. The Hall–Kier alpha value is -3.42. The lowest BCUT2D eigenvalue weighted by Gasteiger charge is -2.31. The van der Waals surface area contributed by atoms with Crippen LogP contribution in [0.1, 0.15) is 72.1 Å². The Labute approximate surface area is 224 Å². The number of rotatable bonds is 5. The van der Waals surface area contributed by atoms with Crippen LogP contribution in [0, 0.1) is 11.7 Å². The SMILES string of the molecule is O=C(Nc1ccc(N2CCCN(C(=O)c3ccccc3F)CC2)c(C(=O)N2CCCCC2)c1)C1CCCC1. The van der Waals surface area contributed by atoms with Gasteiger partial charge in [0.25, 0.3) is 11.8 Å². The zero-order valence-corrected chi connectivity index (χ0v) is 22.0. The van der Waals surface area contributed by atoms with Crippen molar-refractivity contribution in [1.29, 1.82) is 0 Å². The predicted molar refractivity (Wildman–Crippen MR) is 146 cm³/mol. The van der Waals surface area contributed by atoms with Crippen molar-refractivity contribution in [2.45, 2.75) is 51.4 Å². The van der Waals surface area contributed by atoms with E-state index >= 15 is 0 Å². The maximum absolute atomic E-state index is 14.3. The summed E-state index contributed by atoms with van der Waals surface area (Å²) >= 11 is 0. The van der Waals surface area contributed by atoms with Gasteiger partial charge in [0.05, 0.1) is 11.1 Å². The molecule has 1 saturated carbocycles. The van der Waals surface area contributed by atoms with Crippen molar-refractivity contribution >= 4 is 29.1 Å². The first kappa shape index (κ1) is 26.2. The smallest absolute Gasteiger partial charge is 0.256 e. The fourth-order valence-electron chi connectivity index (χ4n) is 5.93. The summed E-state index contributed by atoms with van der Waals surface area (Å²) in [6, 6.07) is 11.7. The first-order valence-corrected chi connectivity index (χ1v) is 14.0. The number of amides is 3. The highest BCUT2D eigenvalue weighted by Crippen LogP contribution is 2.30. The van der Waals surface area contributed by atoms with Crippen molar-refractivity contribution in [2.24, 2.45) is 5.92 Å². The third-order valence-corrected chi connectivity index (χ3v) is 8.09. The van der Waals surface area contributed by atoms with Gasteiger partial charge in [-0.05, 0) is 68.9 Å². The molecule has 3 aliphatic rings. The molecule has 0 unspecified atom stereocenters. The summed E-state index contributed by atoms with van der Waals surface area (Å²) in [5.74, 6) is -0.758. The van der Waals surface area contributed by atoms with Crippen LogP contribution in [0.2, 0.25) is 0 Å². The lowest BCUT2D eigenvalue weighted by molar-refractivity contribution is -0.119. The van der Waals surface area contributed by atoms with Crippen molar-refractivity contribution < 1.29 is 18.8 Å². The van der Waals surface area contributed by atoms with Crippen LogP contribution >= 0.6 is 0 Å². The summed E-state index contributed by atoms with van der Waals surface area (Å²) in [7, 11) is 0. The molecule has 8 heteroatoms. The summed E-state index contributed by atoms with van der Waals surface area (Å²) in [5, 5.41) is 3.05. The predicted octanol–water partition coefficient (Wildman–Crippen LogP) is 4.93. The highest BCUT2D eigenvalue weighted by molar-refractivity contribution is 6.02. The number of hydrogen-bond acceptors (Lipinski definition) is 4. The number of hydrogen-bond donors (Lipinski definition) is 1. The highest BCUT2D eigenvalue weighted by atomic mass is 19.1. The van der Waals surface area contributed by atoms with E-state index in [1.54, 1.807) is 17.0 Å². The molecule has 1 aliphatic carbocycles. The van der Waals surface area contributed by atoms with Crippen LogP contribution < -0.4 is 10.2 Å². The quantitative estimate of drug-likeness (QED) is 0.607. The molecular weight excluding hydrogens is 483 g/mol. The summed E-state index contributed by atoms with van der Waals surface area (Å²) in [5.41, 5.74) is 2.14. The monoisotopic (exact) mass is 520 g/mol. The van der Waals surface area contributed by atoms with Gasteiger partial charge in [0.15, 0.2) is 0 Å². The van der Waals surface area contributed by atoms with Gasteiger partial charge in [0.1, 0.15) is 5.82 Å². The standard InChI is InChI=1S/C30H37FN4O3/c31-26-12-5-4-11-24(26)29(37)35-18-8-17-33(19-20-35)27-14-13-23(32-28(36)22-9-2-3-10-22)21-25(27)30(38)34-15-6-1-7-16-34/h4-5,11-14,21-22H,1-3,6-10,15-20H2,(H,32,36). The Kier molecular flexibility index (Phi) is 8.25. The molecule has 3 amide bonds. The van der Waals surface area contributed by atoms with Crippen LogP contribution in [0.25, 0.3) is 0 Å². The molecule has 2 aliphatic heterocycles. The van der Waals surface area contributed by atoms with Crippen molar-refractivity contribution in [3.8, 4) is 0 Å². The van der Waals surface area contributed by atoms with Gasteiger partial charge in [-0.3, -0.25) is 14.4 Å². The molecule has 5 rings (SSSR count). The van der Waals surface area contributed by atoms with E-state index in [2.05, 4.69) is 10.2 Å². The van der Waals surface area contributed by atoms with Crippen LogP contribution in [-0.4, -0.2) is 66.8 Å². The molecular formula is C30H37FN4O3. The molecule has 2 heterocycles. The molecule has 0 radical (unpaired) electrons. The van der Waals surface area contributed by atoms with E-state index in [-0.39, 0.29) is 29.2 Å². The van der Waals surface area contributed by atoms with Crippen molar-refractivity contribution in [2.75, 3.05) is 49.5 Å². The first-order valence-electron chi connectivity index (χ1n) is 14.0. The van der Waals surface area contributed by atoms with Gasteiger partial charge in [-0.25, -0.2) is 4.39 Å². The van der Waals surface area contributed by atoms with Gasteiger partial charge in [-0.15, -0.1) is 0 Å². The molecule has 3 fully saturated rings. The zero-order valence-electron chi connectivity index (χ0n) is 22.0. The summed E-state index contributed by atoms with van der Waals surface area (Å²) in [4.78, 5) is 45.3. The van der Waals surface area contributed by atoms with Crippen LogP contribution in [0.3, 0.4) is 0 Å². The van der Waals surface area contributed by atoms with E-state index < -0.39 is 5.82 Å². The second kappa shape index (κ2) is 12.0. The molecule has 0 atom stereocenters. The topological polar surface area (TPSA) is 73.0 Å². The summed E-state index contributed by atoms with van der Waals surface area (Å²) in [6.45, 7) is 3.65.